The Kier molecular flexibility index (Phi) is 68.6. The number of unbranched alkanes of at least 4 members (excludes halogenated alkanes) is 49. The maximum Gasteiger partial charge on any atom is 0.306 e. The van der Waals surface area contributed by atoms with E-state index in [0.717, 1.165) is 77.0 Å². The molecule has 0 saturated heterocycles. The van der Waals surface area contributed by atoms with Gasteiger partial charge in [0.2, 0.25) is 0 Å². The number of rotatable bonds is 68. The molecule has 6 heteroatoms. The van der Waals surface area contributed by atoms with Crippen LogP contribution in [0, 0.1) is 0 Å². The Balaban J connectivity index is 4.03. The topological polar surface area (TPSA) is 78.9 Å². The highest BCUT2D eigenvalue weighted by Gasteiger charge is 2.19. The number of allylic oxidation sites excluding steroid dienone is 8. The molecule has 0 aliphatic heterocycles. The Bertz CT molecular complexity index is 1410. The molecule has 0 aromatic heterocycles. The van der Waals surface area contributed by atoms with E-state index in [0.29, 0.717) is 19.3 Å². The fourth-order valence-corrected chi connectivity index (χ4v) is 11.0. The number of ether oxygens (including phenoxy) is 3. The third-order valence-corrected chi connectivity index (χ3v) is 16.5. The van der Waals surface area contributed by atoms with Crippen molar-refractivity contribution in [2.24, 2.45) is 0 Å². The molecular weight excluding hydrogens is 1010 g/mol. The highest BCUT2D eigenvalue weighted by Crippen LogP contribution is 2.18. The van der Waals surface area contributed by atoms with Crippen LogP contribution >= 0.6 is 0 Å². The molecule has 6 nitrogen and oxygen atoms in total. The first-order valence-electron chi connectivity index (χ1n) is 36.6. The molecule has 480 valence electrons. The molecule has 0 N–H and O–H groups in total. The first-order chi connectivity index (χ1) is 40.5. The minimum absolute atomic E-state index is 0.0718. The van der Waals surface area contributed by atoms with Crippen molar-refractivity contribution in [3.8, 4) is 0 Å². The summed E-state index contributed by atoms with van der Waals surface area (Å²) < 4.78 is 16.9. The normalized spacial score (nSPS) is 12.3. The Morgan fingerprint density at radius 2 is 0.463 bits per heavy atom. The van der Waals surface area contributed by atoms with E-state index >= 15 is 0 Å². The number of hydrogen-bond donors (Lipinski definition) is 0. The second-order valence-corrected chi connectivity index (χ2v) is 24.8. The Morgan fingerprint density at radius 1 is 0.244 bits per heavy atom. The van der Waals surface area contributed by atoms with Gasteiger partial charge in [0, 0.05) is 19.3 Å². The van der Waals surface area contributed by atoms with Crippen LogP contribution in [0.4, 0.5) is 0 Å². The largest absolute Gasteiger partial charge is 0.462 e. The van der Waals surface area contributed by atoms with Gasteiger partial charge in [-0.2, -0.15) is 0 Å². The van der Waals surface area contributed by atoms with E-state index in [-0.39, 0.29) is 31.1 Å². The summed E-state index contributed by atoms with van der Waals surface area (Å²) in [4.78, 5) is 38.3. The van der Waals surface area contributed by atoms with Gasteiger partial charge in [0.05, 0.1) is 0 Å². The fraction of sp³-hybridized carbons (Fsp3) is 0.855. The van der Waals surface area contributed by atoms with Crippen molar-refractivity contribution >= 4 is 17.9 Å². The number of hydrogen-bond acceptors (Lipinski definition) is 6. The van der Waals surface area contributed by atoms with Crippen LogP contribution < -0.4 is 0 Å². The van der Waals surface area contributed by atoms with Crippen molar-refractivity contribution in [1.29, 1.82) is 0 Å². The summed E-state index contributed by atoms with van der Waals surface area (Å²) in [5.74, 6) is -0.861. The molecule has 82 heavy (non-hydrogen) atoms. The van der Waals surface area contributed by atoms with Crippen LogP contribution in [0.5, 0.6) is 0 Å². The molecule has 0 rings (SSSR count). The summed E-state index contributed by atoms with van der Waals surface area (Å²) >= 11 is 0. The summed E-state index contributed by atoms with van der Waals surface area (Å²) in [6, 6.07) is 0. The molecule has 0 aromatic rings. The minimum Gasteiger partial charge on any atom is -0.462 e. The summed E-state index contributed by atoms with van der Waals surface area (Å²) in [6.07, 6.45) is 90.3. The Morgan fingerprint density at radius 3 is 0.732 bits per heavy atom. The maximum absolute atomic E-state index is 12.9. The molecule has 0 amide bonds. The van der Waals surface area contributed by atoms with E-state index in [1.807, 2.05) is 0 Å². The van der Waals surface area contributed by atoms with E-state index in [2.05, 4.69) is 69.4 Å². The van der Waals surface area contributed by atoms with Gasteiger partial charge in [0.1, 0.15) is 13.2 Å². The molecule has 1 unspecified atom stereocenters. The lowest BCUT2D eigenvalue weighted by Gasteiger charge is -2.18. The van der Waals surface area contributed by atoms with Crippen LogP contribution in [0.15, 0.2) is 48.6 Å². The second kappa shape index (κ2) is 70.9. The van der Waals surface area contributed by atoms with Gasteiger partial charge in [-0.15, -0.1) is 0 Å². The number of carbonyl (C=O) groups excluding carboxylic acids is 3. The highest BCUT2D eigenvalue weighted by molar-refractivity contribution is 5.71. The van der Waals surface area contributed by atoms with Crippen LogP contribution in [0.1, 0.15) is 400 Å². The summed E-state index contributed by atoms with van der Waals surface area (Å²) in [6.45, 7) is 6.62. The third-order valence-electron chi connectivity index (χ3n) is 16.5. The lowest BCUT2D eigenvalue weighted by atomic mass is 10.0. The Labute approximate surface area is 511 Å². The molecule has 0 aliphatic carbocycles. The molecule has 0 bridgehead atoms. The molecule has 0 spiro atoms. The predicted octanol–water partition coefficient (Wildman–Crippen LogP) is 25.3. The van der Waals surface area contributed by atoms with Gasteiger partial charge in [0.15, 0.2) is 6.10 Å². The number of esters is 3. The van der Waals surface area contributed by atoms with Gasteiger partial charge >= 0.3 is 17.9 Å². The van der Waals surface area contributed by atoms with Crippen molar-refractivity contribution in [2.75, 3.05) is 13.2 Å². The van der Waals surface area contributed by atoms with Crippen molar-refractivity contribution in [3.05, 3.63) is 48.6 Å². The van der Waals surface area contributed by atoms with Crippen LogP contribution in [-0.4, -0.2) is 37.2 Å². The van der Waals surface area contributed by atoms with Crippen molar-refractivity contribution in [3.63, 3.8) is 0 Å². The summed E-state index contributed by atoms with van der Waals surface area (Å²) in [5, 5.41) is 0. The van der Waals surface area contributed by atoms with Gasteiger partial charge in [-0.3, -0.25) is 14.4 Å². The smallest absolute Gasteiger partial charge is 0.306 e. The lowest BCUT2D eigenvalue weighted by molar-refractivity contribution is -0.167. The van der Waals surface area contributed by atoms with Crippen LogP contribution in [0.3, 0.4) is 0 Å². The molecule has 0 aliphatic rings. The molecule has 1 atom stereocenters. The van der Waals surface area contributed by atoms with E-state index in [4.69, 9.17) is 14.2 Å². The monoisotopic (exact) mass is 1150 g/mol. The predicted molar refractivity (Wildman–Crippen MR) is 358 cm³/mol. The molecule has 0 radical (unpaired) electrons. The third kappa shape index (κ3) is 68.2. The van der Waals surface area contributed by atoms with E-state index in [1.54, 1.807) is 0 Å². The average Bonchev–Trinajstić information content (AvgIpc) is 3.47. The lowest BCUT2D eigenvalue weighted by Crippen LogP contribution is -2.30. The van der Waals surface area contributed by atoms with Gasteiger partial charge in [0.25, 0.3) is 0 Å². The first kappa shape index (κ1) is 79.4. The quantitative estimate of drug-likeness (QED) is 0.0261. The van der Waals surface area contributed by atoms with Gasteiger partial charge in [-0.25, -0.2) is 0 Å². The summed E-state index contributed by atoms with van der Waals surface area (Å²) in [7, 11) is 0. The highest BCUT2D eigenvalue weighted by atomic mass is 16.6. The van der Waals surface area contributed by atoms with Gasteiger partial charge in [-0.05, 0) is 96.3 Å². The van der Waals surface area contributed by atoms with E-state index in [9.17, 15) is 14.4 Å². The first-order valence-corrected chi connectivity index (χ1v) is 36.6. The molecule has 0 fully saturated rings. The van der Waals surface area contributed by atoms with Crippen LogP contribution in [0.2, 0.25) is 0 Å². The van der Waals surface area contributed by atoms with Gasteiger partial charge in [-0.1, -0.05) is 333 Å². The van der Waals surface area contributed by atoms with Crippen LogP contribution in [-0.2, 0) is 28.6 Å². The van der Waals surface area contributed by atoms with E-state index < -0.39 is 6.10 Å². The molecule has 0 saturated carbocycles. The zero-order valence-electron chi connectivity index (χ0n) is 55.3. The molecule has 0 aromatic carbocycles. The second-order valence-electron chi connectivity index (χ2n) is 24.8. The SMILES string of the molecule is CCC/C=C\CCCCCCCC(=O)OCC(COC(=O)CCCCCCCCCCCCCCCCCCCCCCCCC/C=C\C/C=C\CCCCCCC)OC(=O)CCCCCCCCCCC/C=C\CCCCCCCC. The minimum atomic E-state index is -0.775. The van der Waals surface area contributed by atoms with Gasteiger partial charge < -0.3 is 14.2 Å². The zero-order valence-corrected chi connectivity index (χ0v) is 55.3. The number of carbonyl (C=O) groups is 3. The van der Waals surface area contributed by atoms with Crippen molar-refractivity contribution in [1.82, 2.24) is 0 Å². The maximum atomic E-state index is 12.9. The standard InChI is InChI=1S/C76H140O6/c1-4-7-10-13-16-19-22-24-26-28-30-31-32-33-34-35-36-37-38-39-40-41-42-43-44-45-47-48-50-52-54-57-60-63-66-69-75(78)81-72-73(71-80-74(77)68-65-62-59-56-21-18-15-12-9-6-3)82-76(79)70-67-64-61-58-55-53-51-49-46-29-27-25-23-20-17-14-11-8-5-2/h12,15,22,24-25,27-28,30,73H,4-11,13-14,16-21,23,26,29,31-72H2,1-3H3/b15-12-,24-22-,27-25-,30-28-. The van der Waals surface area contributed by atoms with Crippen LogP contribution in [0.25, 0.3) is 0 Å². The Hall–Kier alpha value is -2.63. The molecule has 0 heterocycles. The van der Waals surface area contributed by atoms with E-state index in [1.165, 1.54) is 283 Å². The summed E-state index contributed by atoms with van der Waals surface area (Å²) in [5.41, 5.74) is 0. The average molecular weight is 1150 g/mol. The zero-order chi connectivity index (χ0) is 59.2. The fourth-order valence-electron chi connectivity index (χ4n) is 11.0. The molecular formula is C76H140O6. The van der Waals surface area contributed by atoms with Crippen molar-refractivity contribution < 1.29 is 28.6 Å². The van der Waals surface area contributed by atoms with Crippen molar-refractivity contribution in [2.45, 2.75) is 406 Å².